The fraction of sp³-hybridized carbons (Fsp3) is 0.379. The highest BCUT2D eigenvalue weighted by Gasteiger charge is 2.24. The first-order valence-electron chi connectivity index (χ1n) is 12.5. The van der Waals surface area contributed by atoms with Gasteiger partial charge >= 0.3 is 6.03 Å². The molecule has 3 amide bonds. The van der Waals surface area contributed by atoms with Crippen LogP contribution in [0.5, 0.6) is 11.5 Å². The number of methoxy groups -OCH3 is 2. The summed E-state index contributed by atoms with van der Waals surface area (Å²) in [6, 6.07) is 18.9. The summed E-state index contributed by atoms with van der Waals surface area (Å²) in [6.45, 7) is 7.63. The zero-order valence-corrected chi connectivity index (χ0v) is 23.1. The Morgan fingerprint density at radius 3 is 2.35 bits per heavy atom. The Morgan fingerprint density at radius 2 is 1.73 bits per heavy atom. The summed E-state index contributed by atoms with van der Waals surface area (Å²) in [7, 11) is 3.11. The molecule has 0 aliphatic heterocycles. The third kappa shape index (κ3) is 8.25. The van der Waals surface area contributed by atoms with Crippen LogP contribution in [-0.4, -0.2) is 49.0 Å². The molecule has 0 aliphatic carbocycles. The monoisotopic (exact) mass is 523 g/mol. The highest BCUT2D eigenvalue weighted by atomic mass is 32.1. The number of hydrogen-bond donors (Lipinski definition) is 1. The van der Waals surface area contributed by atoms with Crippen LogP contribution in [0.2, 0.25) is 0 Å². The quantitative estimate of drug-likeness (QED) is 0.308. The smallest absolute Gasteiger partial charge is 0.322 e. The number of carbonyl (C=O) groups is 2. The largest absolute Gasteiger partial charge is 0.497 e. The summed E-state index contributed by atoms with van der Waals surface area (Å²) in [6.07, 6.45) is 0.895. The molecule has 0 spiro atoms. The second kappa shape index (κ2) is 13.7. The van der Waals surface area contributed by atoms with Gasteiger partial charge in [0.1, 0.15) is 18.0 Å². The van der Waals surface area contributed by atoms with Crippen molar-refractivity contribution in [3.8, 4) is 11.5 Å². The lowest BCUT2D eigenvalue weighted by Crippen LogP contribution is -2.45. The maximum atomic E-state index is 13.7. The van der Waals surface area contributed by atoms with Crippen molar-refractivity contribution in [3.05, 3.63) is 76.0 Å². The Balaban J connectivity index is 1.81. The van der Waals surface area contributed by atoms with Crippen LogP contribution >= 0.6 is 11.3 Å². The molecular weight excluding hydrogens is 486 g/mol. The SMILES string of the molecule is CC[C@@H](C)CN(CC(=O)N(Cc1ccccc1)Cc1ccc(C)s1)C(=O)Nc1ccc(OC)cc1OC. The number of benzene rings is 2. The van der Waals surface area contributed by atoms with Gasteiger partial charge in [0.25, 0.3) is 0 Å². The number of nitrogens with zero attached hydrogens (tertiary/aromatic N) is 2. The maximum Gasteiger partial charge on any atom is 0.322 e. The highest BCUT2D eigenvalue weighted by Crippen LogP contribution is 2.29. The van der Waals surface area contributed by atoms with E-state index < -0.39 is 0 Å². The van der Waals surface area contributed by atoms with Gasteiger partial charge in [0.2, 0.25) is 5.91 Å². The van der Waals surface area contributed by atoms with Crippen molar-refractivity contribution < 1.29 is 19.1 Å². The zero-order chi connectivity index (χ0) is 26.8. The van der Waals surface area contributed by atoms with Crippen LogP contribution < -0.4 is 14.8 Å². The van der Waals surface area contributed by atoms with Gasteiger partial charge < -0.3 is 24.6 Å². The first-order valence-corrected chi connectivity index (χ1v) is 13.3. The Kier molecular flexibility index (Phi) is 10.4. The van der Waals surface area contributed by atoms with Crippen molar-refractivity contribution in [1.29, 1.82) is 0 Å². The molecule has 0 radical (unpaired) electrons. The number of ether oxygens (including phenoxy) is 2. The van der Waals surface area contributed by atoms with Gasteiger partial charge in [-0.3, -0.25) is 4.79 Å². The minimum absolute atomic E-state index is 0.0220. The summed E-state index contributed by atoms with van der Waals surface area (Å²) < 4.78 is 10.7. The summed E-state index contributed by atoms with van der Waals surface area (Å²) >= 11 is 1.68. The molecule has 0 fully saturated rings. The number of thiophene rings is 1. The number of anilines is 1. The molecule has 3 aromatic rings. The van der Waals surface area contributed by atoms with Crippen molar-refractivity contribution in [2.24, 2.45) is 5.92 Å². The molecule has 1 aromatic heterocycles. The summed E-state index contributed by atoms with van der Waals surface area (Å²) in [5, 5.41) is 2.93. The second-order valence-corrected chi connectivity index (χ2v) is 10.5. The lowest BCUT2D eigenvalue weighted by Gasteiger charge is -2.29. The van der Waals surface area contributed by atoms with E-state index in [0.717, 1.165) is 16.9 Å². The molecule has 1 N–H and O–H groups in total. The molecular formula is C29H37N3O4S. The number of carbonyl (C=O) groups excluding carboxylic acids is 2. The van der Waals surface area contributed by atoms with Crippen LogP contribution in [0.4, 0.5) is 10.5 Å². The molecule has 1 heterocycles. The third-order valence-electron chi connectivity index (χ3n) is 6.20. The molecule has 0 saturated heterocycles. The Labute approximate surface area is 224 Å². The van der Waals surface area contributed by atoms with E-state index in [4.69, 9.17) is 9.47 Å². The first kappa shape index (κ1) is 28.1. The van der Waals surface area contributed by atoms with Crippen molar-refractivity contribution in [2.45, 2.75) is 40.3 Å². The van der Waals surface area contributed by atoms with Gasteiger partial charge in [-0.15, -0.1) is 11.3 Å². The van der Waals surface area contributed by atoms with E-state index in [1.165, 1.54) is 4.88 Å². The van der Waals surface area contributed by atoms with E-state index in [-0.39, 0.29) is 24.4 Å². The lowest BCUT2D eigenvalue weighted by molar-refractivity contribution is -0.133. The van der Waals surface area contributed by atoms with E-state index in [1.54, 1.807) is 48.7 Å². The predicted octanol–water partition coefficient (Wildman–Crippen LogP) is 6.18. The van der Waals surface area contributed by atoms with E-state index in [0.29, 0.717) is 36.8 Å². The zero-order valence-electron chi connectivity index (χ0n) is 22.3. The van der Waals surface area contributed by atoms with Crippen molar-refractivity contribution in [2.75, 3.05) is 32.6 Å². The second-order valence-electron chi connectivity index (χ2n) is 9.14. The summed E-state index contributed by atoms with van der Waals surface area (Å²) in [4.78, 5) is 32.8. The maximum absolute atomic E-state index is 13.7. The van der Waals surface area contributed by atoms with Gasteiger partial charge in [-0.25, -0.2) is 4.79 Å². The summed E-state index contributed by atoms with van der Waals surface area (Å²) in [5.74, 6) is 1.25. The molecule has 0 aliphatic rings. The van der Waals surface area contributed by atoms with Crippen LogP contribution in [-0.2, 0) is 17.9 Å². The van der Waals surface area contributed by atoms with Gasteiger partial charge in [0, 0.05) is 28.9 Å². The fourth-order valence-electron chi connectivity index (χ4n) is 3.88. The third-order valence-corrected chi connectivity index (χ3v) is 7.19. The van der Waals surface area contributed by atoms with Gasteiger partial charge in [0.05, 0.1) is 26.5 Å². The number of amides is 3. The standard InChI is InChI=1S/C29H37N3O4S/c1-6-21(2)17-32(29(34)30-26-15-13-24(35-4)16-27(26)36-5)20-28(33)31(18-23-10-8-7-9-11-23)19-25-14-12-22(3)37-25/h7-16,21H,6,17-20H2,1-5H3,(H,30,34)/t21-/m1/s1. The molecule has 2 aromatic carbocycles. The lowest BCUT2D eigenvalue weighted by atomic mass is 10.1. The van der Waals surface area contributed by atoms with Gasteiger partial charge in [-0.2, -0.15) is 0 Å². The van der Waals surface area contributed by atoms with Crippen LogP contribution in [0, 0.1) is 12.8 Å². The van der Waals surface area contributed by atoms with Crippen LogP contribution in [0.1, 0.15) is 35.6 Å². The number of urea groups is 1. The van der Waals surface area contributed by atoms with E-state index >= 15 is 0 Å². The minimum atomic E-state index is -0.344. The Hall–Kier alpha value is -3.52. The topological polar surface area (TPSA) is 71.1 Å². The van der Waals surface area contributed by atoms with Crippen molar-refractivity contribution in [1.82, 2.24) is 9.80 Å². The molecule has 1 atom stereocenters. The molecule has 7 nitrogen and oxygen atoms in total. The van der Waals surface area contributed by atoms with Crippen LogP contribution in [0.25, 0.3) is 0 Å². The number of nitrogens with one attached hydrogen (secondary N) is 1. The van der Waals surface area contributed by atoms with Crippen molar-refractivity contribution >= 4 is 29.0 Å². The highest BCUT2D eigenvalue weighted by molar-refractivity contribution is 7.11. The average molecular weight is 524 g/mol. The number of hydrogen-bond acceptors (Lipinski definition) is 5. The molecule has 0 bridgehead atoms. The van der Waals surface area contributed by atoms with Crippen LogP contribution in [0.15, 0.2) is 60.7 Å². The minimum Gasteiger partial charge on any atom is -0.497 e. The van der Waals surface area contributed by atoms with E-state index in [1.807, 2.05) is 35.2 Å². The number of aryl methyl sites for hydroxylation is 1. The molecule has 0 unspecified atom stereocenters. The first-order chi connectivity index (χ1) is 17.8. The molecule has 0 saturated carbocycles. The van der Waals surface area contributed by atoms with Gasteiger partial charge in [-0.05, 0) is 42.7 Å². The van der Waals surface area contributed by atoms with Crippen molar-refractivity contribution in [3.63, 3.8) is 0 Å². The van der Waals surface area contributed by atoms with Crippen LogP contribution in [0.3, 0.4) is 0 Å². The van der Waals surface area contributed by atoms with E-state index in [2.05, 4.69) is 38.2 Å². The van der Waals surface area contributed by atoms with Gasteiger partial charge in [0.15, 0.2) is 0 Å². The predicted molar refractivity (Wildman–Crippen MR) is 149 cm³/mol. The molecule has 8 heteroatoms. The molecule has 3 rings (SSSR count). The Morgan fingerprint density at radius 1 is 0.973 bits per heavy atom. The fourth-order valence-corrected chi connectivity index (χ4v) is 4.78. The van der Waals surface area contributed by atoms with Gasteiger partial charge in [-0.1, -0.05) is 50.6 Å². The number of rotatable bonds is 12. The summed E-state index contributed by atoms with van der Waals surface area (Å²) in [5.41, 5.74) is 1.56. The normalized spacial score (nSPS) is 11.5. The molecule has 37 heavy (non-hydrogen) atoms. The van der Waals surface area contributed by atoms with E-state index in [9.17, 15) is 9.59 Å². The average Bonchev–Trinajstić information content (AvgIpc) is 3.32. The molecule has 198 valence electrons. The Bertz CT molecular complexity index is 1160.